The predicted octanol–water partition coefficient (Wildman–Crippen LogP) is 19.0. The molecule has 0 saturated carbocycles. The zero-order valence-corrected chi connectivity index (χ0v) is 48.4. The molecular weight excluding hydrogens is 1000 g/mol. The molecule has 4 aromatic rings. The molecule has 4 aromatic carbocycles. The van der Waals surface area contributed by atoms with Crippen molar-refractivity contribution in [1.29, 1.82) is 0 Å². The molecule has 67 heavy (non-hydrogen) atoms. The fourth-order valence-corrected chi connectivity index (χ4v) is 7.96. The van der Waals surface area contributed by atoms with Crippen molar-refractivity contribution >= 4 is 85.6 Å². The molecule has 0 saturated heterocycles. The number of halogens is 2. The fraction of sp³-hybridized carbons (Fsp3) is 0.483. The zero-order valence-electron chi connectivity index (χ0n) is 44.2. The van der Waals surface area contributed by atoms with Crippen molar-refractivity contribution in [2.24, 2.45) is 20.0 Å². The number of Topliss-reactive ketones (excluding diaryl/α,β-unsaturated/α-hetero) is 2. The molecule has 4 rings (SSSR count). The topological polar surface area (TPSA) is 83.6 Å². The van der Waals surface area contributed by atoms with Gasteiger partial charge in [-0.05, 0) is 120 Å². The number of hydrogen-bond donors (Lipinski definition) is 0. The van der Waals surface area contributed by atoms with Gasteiger partial charge in [-0.15, -0.1) is 0 Å². The third-order valence-electron chi connectivity index (χ3n) is 11.8. The number of carbonyl (C=O) groups is 2. The van der Waals surface area contributed by atoms with E-state index in [-0.39, 0.29) is 11.6 Å². The van der Waals surface area contributed by atoms with Gasteiger partial charge in [0.1, 0.15) is 0 Å². The molecule has 6 nitrogen and oxygen atoms in total. The summed E-state index contributed by atoms with van der Waals surface area (Å²) in [7, 11) is 1.25. The number of carbonyl (C=O) groups excluding carboxylic acids is 2. The van der Waals surface area contributed by atoms with E-state index >= 15 is 0 Å². The first-order chi connectivity index (χ1) is 31.3. The van der Waals surface area contributed by atoms with Gasteiger partial charge in [-0.2, -0.15) is 0 Å². The van der Waals surface area contributed by atoms with Crippen LogP contribution in [0.3, 0.4) is 0 Å². The minimum atomic E-state index is -0.105. The minimum absolute atomic E-state index is 0.105. The molecule has 0 heterocycles. The maximum absolute atomic E-state index is 13.3. The number of nitrogens with zero attached hydrogens (tertiary/aromatic N) is 4. The van der Waals surface area contributed by atoms with Crippen molar-refractivity contribution in [3.05, 3.63) is 117 Å². The Morgan fingerprint density at radius 3 is 0.552 bits per heavy atom. The molecule has 0 atom stereocenters. The first kappa shape index (κ1) is 59.5. The summed E-state index contributed by atoms with van der Waals surface area (Å²) < 4.78 is 0. The molecule has 0 radical (unpaired) electrons. The van der Waals surface area contributed by atoms with Gasteiger partial charge < -0.3 is 0 Å². The van der Waals surface area contributed by atoms with E-state index in [4.69, 9.17) is 20.0 Å². The van der Waals surface area contributed by atoms with Crippen LogP contribution in [0.25, 0.3) is 0 Å². The number of rotatable bonds is 16. The Morgan fingerprint density at radius 1 is 0.328 bits per heavy atom. The molecule has 9 heteroatoms. The van der Waals surface area contributed by atoms with Crippen LogP contribution in [-0.4, -0.2) is 34.4 Å². The SMILES string of the molecule is CC(=Nc1c(C(C)C)cccc1C(C)C)C(=O)C(C)=Nc1c(C(C)C)cccc1C(C)C.CC(=Nc1c(C(C)C)cccc1C(C)C)C(=O)C(C)=Nc1c(C(C)C)cccc1C(C)C.[Br][Ni][Br]. The Bertz CT molecular complexity index is 1980. The number of benzene rings is 4. The molecule has 0 amide bonds. The molecule has 0 bridgehead atoms. The van der Waals surface area contributed by atoms with Gasteiger partial charge in [0.05, 0.1) is 45.6 Å². The Morgan fingerprint density at radius 2 is 0.448 bits per heavy atom. The number of aliphatic imine (C=N–C) groups is 4. The van der Waals surface area contributed by atoms with Crippen LogP contribution in [-0.2, 0) is 20.5 Å². The summed E-state index contributed by atoms with van der Waals surface area (Å²) in [5.74, 6) is 2.43. The summed E-state index contributed by atoms with van der Waals surface area (Å²) in [5.41, 5.74) is 15.0. The third kappa shape index (κ3) is 16.8. The van der Waals surface area contributed by atoms with Gasteiger partial charge in [0.25, 0.3) is 0 Å². The van der Waals surface area contributed by atoms with Gasteiger partial charge in [0.2, 0.25) is 11.6 Å². The molecule has 0 aliphatic heterocycles. The van der Waals surface area contributed by atoms with E-state index < -0.39 is 0 Å². The van der Waals surface area contributed by atoms with Crippen molar-refractivity contribution in [3.63, 3.8) is 0 Å². The summed E-state index contributed by atoms with van der Waals surface area (Å²) in [5, 5.41) is 0. The van der Waals surface area contributed by atoms with E-state index in [1.165, 1.54) is 55.4 Å². The van der Waals surface area contributed by atoms with E-state index in [1.807, 2.05) is 0 Å². The summed E-state index contributed by atoms with van der Waals surface area (Å²) >= 11 is 6.00. The van der Waals surface area contributed by atoms with Crippen LogP contribution in [0, 0.1) is 0 Å². The Labute approximate surface area is 426 Å². The van der Waals surface area contributed by atoms with Crippen molar-refractivity contribution in [2.75, 3.05) is 0 Å². The monoisotopic (exact) mass is 1080 g/mol. The second-order valence-electron chi connectivity index (χ2n) is 19.9. The zero-order chi connectivity index (χ0) is 51.0. The molecule has 0 N–H and O–H groups in total. The van der Waals surface area contributed by atoms with Gasteiger partial charge in [0.15, 0.2) is 0 Å². The third-order valence-corrected chi connectivity index (χ3v) is 11.8. The van der Waals surface area contributed by atoms with Crippen molar-refractivity contribution in [2.45, 2.75) is 186 Å². The van der Waals surface area contributed by atoms with Gasteiger partial charge in [-0.1, -0.05) is 184 Å². The normalized spacial score (nSPS) is 12.8. The van der Waals surface area contributed by atoms with Gasteiger partial charge in [0, 0.05) is 0 Å². The van der Waals surface area contributed by atoms with Crippen LogP contribution in [0.15, 0.2) is 92.8 Å². The Kier molecular flexibility index (Phi) is 25.0. The summed E-state index contributed by atoms with van der Waals surface area (Å²) in [6.07, 6.45) is 0. The van der Waals surface area contributed by atoms with Gasteiger partial charge >= 0.3 is 39.3 Å². The molecule has 368 valence electrons. The quantitative estimate of drug-likeness (QED) is 0.0827. The first-order valence-electron chi connectivity index (χ1n) is 24.0. The van der Waals surface area contributed by atoms with Gasteiger partial charge in [-0.3, -0.25) is 9.59 Å². The average molecular weight is 1080 g/mol. The molecule has 0 aliphatic rings. The average Bonchev–Trinajstić information content (AvgIpc) is 3.25. The van der Waals surface area contributed by atoms with Crippen LogP contribution in [0.4, 0.5) is 22.7 Å². The number of hydrogen-bond acceptors (Lipinski definition) is 6. The van der Waals surface area contributed by atoms with Crippen LogP contribution in [0.5, 0.6) is 0 Å². The van der Waals surface area contributed by atoms with E-state index in [9.17, 15) is 9.59 Å². The number of para-hydroxylation sites is 4. The van der Waals surface area contributed by atoms with Crippen LogP contribution in [0.1, 0.15) is 230 Å². The number of ketones is 2. The summed E-state index contributed by atoms with van der Waals surface area (Å²) in [6.45, 7) is 41.9. The summed E-state index contributed by atoms with van der Waals surface area (Å²) in [4.78, 5) is 46.1. The molecule has 0 aliphatic carbocycles. The first-order valence-corrected chi connectivity index (χ1v) is 28.8. The molecule has 0 spiro atoms. The van der Waals surface area contributed by atoms with Crippen LogP contribution < -0.4 is 0 Å². The second-order valence-corrected chi connectivity index (χ2v) is 24.9. The van der Waals surface area contributed by atoms with E-state index in [1.54, 1.807) is 27.7 Å². The predicted molar refractivity (Wildman–Crippen MR) is 297 cm³/mol. The van der Waals surface area contributed by atoms with Crippen molar-refractivity contribution < 1.29 is 20.5 Å². The molecule has 0 unspecified atom stereocenters. The van der Waals surface area contributed by atoms with Crippen LogP contribution in [0.2, 0.25) is 0 Å². The maximum atomic E-state index is 13.3. The summed E-state index contributed by atoms with van der Waals surface area (Å²) in [6, 6.07) is 25.3. The van der Waals surface area contributed by atoms with E-state index in [0.717, 1.165) is 22.7 Å². The van der Waals surface area contributed by atoms with E-state index in [0.29, 0.717) is 70.2 Å². The molecule has 0 aromatic heterocycles. The Balaban J connectivity index is 0.000000435. The van der Waals surface area contributed by atoms with Crippen molar-refractivity contribution in [1.82, 2.24) is 0 Å². The standard InChI is InChI=1S/2C29H40N2O.2BrH.Ni/c2*1-17(2)23-13-11-14-24(18(3)4)27(23)30-21(9)29(32)22(10)31-28-25(19(5)6)15-12-16-26(28)20(7)8;;;/h2*11-20H,1-10H3;2*1H;/q;;;;+2/p-2. The van der Waals surface area contributed by atoms with Crippen molar-refractivity contribution in [3.8, 4) is 0 Å². The molecule has 0 fully saturated rings. The second kappa shape index (κ2) is 28.1. The van der Waals surface area contributed by atoms with E-state index in [2.05, 4.69) is 212 Å². The Hall–Kier alpha value is -3.65. The molecular formula is C58H80Br2N4NiO2. The fourth-order valence-electron chi connectivity index (χ4n) is 7.96. The van der Waals surface area contributed by atoms with Crippen LogP contribution >= 0.6 is 28.5 Å². The van der Waals surface area contributed by atoms with Gasteiger partial charge in [-0.25, -0.2) is 20.0 Å².